The van der Waals surface area contributed by atoms with Gasteiger partial charge in [0.1, 0.15) is 0 Å². The summed E-state index contributed by atoms with van der Waals surface area (Å²) < 4.78 is 0. The van der Waals surface area contributed by atoms with Crippen molar-refractivity contribution in [1.29, 1.82) is 0 Å². The minimum Gasteiger partial charge on any atom is -0.258 e. The molecule has 21 heavy (non-hydrogen) atoms. The van der Waals surface area contributed by atoms with Crippen molar-refractivity contribution >= 4 is 21.6 Å². The Labute approximate surface area is 145 Å². The summed E-state index contributed by atoms with van der Waals surface area (Å²) >= 11 is 3.28. The third-order valence-electron chi connectivity index (χ3n) is 2.70. The Balaban J connectivity index is 0.000000267. The molecule has 0 atom stereocenters. The van der Waals surface area contributed by atoms with Crippen LogP contribution in [-0.4, -0.2) is 4.92 Å². The molecule has 106 valence electrons. The van der Waals surface area contributed by atoms with Crippen LogP contribution in [0.1, 0.15) is 5.56 Å². The number of nitro groups is 1. The molecule has 0 N–H and O–H groups in total. The van der Waals surface area contributed by atoms with E-state index in [0.29, 0.717) is 0 Å². The van der Waals surface area contributed by atoms with E-state index in [9.17, 15) is 10.1 Å². The fourth-order valence-electron chi connectivity index (χ4n) is 1.69. The van der Waals surface area contributed by atoms with E-state index in [4.69, 9.17) is 0 Å². The van der Waals surface area contributed by atoms with Crippen LogP contribution >= 0.6 is 15.9 Å². The van der Waals surface area contributed by atoms with Gasteiger partial charge in [0, 0.05) is 22.9 Å². The van der Waals surface area contributed by atoms with Gasteiger partial charge in [-0.15, -0.1) is 0 Å². The Kier molecular flexibility index (Phi) is 8.53. The van der Waals surface area contributed by atoms with E-state index in [2.05, 4.69) is 15.9 Å². The van der Waals surface area contributed by atoms with Crippen LogP contribution in [0, 0.1) is 72.2 Å². The molecule has 2 saturated carbocycles. The maximum atomic E-state index is 10.4. The summed E-state index contributed by atoms with van der Waals surface area (Å²) in [5.41, 5.74) is 1.13. The predicted molar refractivity (Wildman–Crippen MR) is 82.0 cm³/mol. The van der Waals surface area contributed by atoms with E-state index in [1.54, 1.807) is 12.1 Å². The third-order valence-corrected chi connectivity index (χ3v) is 3.22. The van der Waals surface area contributed by atoms with Crippen molar-refractivity contribution in [1.82, 2.24) is 0 Å². The Morgan fingerprint density at radius 1 is 0.857 bits per heavy atom. The van der Waals surface area contributed by atoms with Gasteiger partial charge in [-0.05, 0) is 56.9 Å². The maximum absolute atomic E-state index is 10.4. The molecule has 10 radical (unpaired) electrons. The van der Waals surface area contributed by atoms with Crippen molar-refractivity contribution in [3.63, 3.8) is 0 Å². The van der Waals surface area contributed by atoms with Gasteiger partial charge >= 0.3 is 17.1 Å². The first-order valence-corrected chi connectivity index (χ1v) is 6.80. The van der Waals surface area contributed by atoms with Crippen LogP contribution in [0.15, 0.2) is 24.3 Å². The second-order valence-electron chi connectivity index (χ2n) is 4.08. The third kappa shape index (κ3) is 6.09. The van der Waals surface area contributed by atoms with Crippen molar-refractivity contribution in [3.05, 3.63) is 102 Å². The van der Waals surface area contributed by atoms with Crippen molar-refractivity contribution in [3.8, 4) is 0 Å². The van der Waals surface area contributed by atoms with Gasteiger partial charge in [-0.2, -0.15) is 0 Å². The normalized spacial score (nSPS) is 18.7. The number of hydrogen-bond acceptors (Lipinski definition) is 2. The molecular weight excluding hydrogens is 374 g/mol. The number of nitro benzene ring substituents is 1. The van der Waals surface area contributed by atoms with E-state index < -0.39 is 4.92 Å². The Bertz CT molecular complexity index is 426. The summed E-state index contributed by atoms with van der Waals surface area (Å²) in [6.45, 7) is 0. The Hall–Kier alpha value is -0.381. The monoisotopic (exact) mass is 385 g/mol. The van der Waals surface area contributed by atoms with Gasteiger partial charge in [-0.1, -0.05) is 28.1 Å². The molecular formula is C16H12BrFeNO2+2. The van der Waals surface area contributed by atoms with Crippen molar-refractivity contribution in [2.75, 3.05) is 0 Å². The molecule has 1 aromatic carbocycles. The standard InChI is InChI=1S/C11H8NO2.C5H4Br.Fe/c13-12(14)11-7-5-10(6-8-11)9-3-1-2-4-9;6-5-3-1-2-4-5;/h1-8H;1-4H;/q;;+2. The molecule has 2 aliphatic rings. The number of rotatable bonds is 2. The topological polar surface area (TPSA) is 43.1 Å². The Morgan fingerprint density at radius 3 is 1.71 bits per heavy atom. The van der Waals surface area contributed by atoms with Gasteiger partial charge < -0.3 is 0 Å². The molecule has 0 amide bonds. The molecule has 1 aromatic rings. The first kappa shape index (κ1) is 18.7. The molecule has 3 rings (SSSR count). The van der Waals surface area contributed by atoms with Crippen LogP contribution in [0.25, 0.3) is 0 Å². The predicted octanol–water partition coefficient (Wildman–Crippen LogP) is 4.09. The van der Waals surface area contributed by atoms with Gasteiger partial charge in [-0.3, -0.25) is 10.1 Å². The number of nitrogens with zero attached hydrogens (tertiary/aromatic N) is 1. The maximum Gasteiger partial charge on any atom is 2.00 e. The van der Waals surface area contributed by atoms with E-state index in [1.807, 2.05) is 51.4 Å². The molecule has 0 unspecified atom stereocenters. The van der Waals surface area contributed by atoms with Gasteiger partial charge in [0.05, 0.1) is 4.92 Å². The van der Waals surface area contributed by atoms with Crippen LogP contribution in [-0.2, 0) is 17.1 Å². The second-order valence-corrected chi connectivity index (χ2v) is 5.00. The number of hydrogen-bond donors (Lipinski definition) is 0. The SMILES string of the molecule is Br[C]1[CH][CH][CH][CH]1.O=[N+]([O-])c1ccc([C]2[CH][CH][CH][CH]2)cc1.[Fe+2]. The molecule has 2 fully saturated rings. The first-order chi connectivity index (χ1) is 9.66. The van der Waals surface area contributed by atoms with Crippen LogP contribution in [0.5, 0.6) is 0 Å². The average molecular weight is 386 g/mol. The molecule has 0 bridgehead atoms. The summed E-state index contributed by atoms with van der Waals surface area (Å²) in [6.07, 6.45) is 15.8. The van der Waals surface area contributed by atoms with Gasteiger partial charge in [0.25, 0.3) is 5.69 Å². The number of non-ortho nitro benzene ring substituents is 1. The van der Waals surface area contributed by atoms with Gasteiger partial charge in [-0.25, -0.2) is 0 Å². The minimum absolute atomic E-state index is 0. The summed E-state index contributed by atoms with van der Waals surface area (Å²) in [4.78, 5) is 11.2. The van der Waals surface area contributed by atoms with Gasteiger partial charge in [0.15, 0.2) is 0 Å². The van der Waals surface area contributed by atoms with Crippen molar-refractivity contribution in [2.45, 2.75) is 0 Å². The van der Waals surface area contributed by atoms with E-state index in [1.165, 1.54) is 12.1 Å². The van der Waals surface area contributed by atoms with E-state index in [0.717, 1.165) is 16.3 Å². The molecule has 0 aromatic heterocycles. The smallest absolute Gasteiger partial charge is 0.258 e. The minimum atomic E-state index is -0.394. The van der Waals surface area contributed by atoms with Crippen LogP contribution < -0.4 is 0 Å². The van der Waals surface area contributed by atoms with Crippen LogP contribution in [0.4, 0.5) is 5.69 Å². The van der Waals surface area contributed by atoms with Gasteiger partial charge in [0.2, 0.25) is 0 Å². The fourth-order valence-corrected chi connectivity index (χ4v) is 2.00. The summed E-state index contributed by atoms with van der Waals surface area (Å²) in [6, 6.07) is 6.55. The summed E-state index contributed by atoms with van der Waals surface area (Å²) in [7, 11) is 0. The number of benzene rings is 1. The summed E-state index contributed by atoms with van der Waals surface area (Å²) in [5.74, 6) is 1.08. The van der Waals surface area contributed by atoms with E-state index in [-0.39, 0.29) is 22.8 Å². The summed E-state index contributed by atoms with van der Waals surface area (Å²) in [5, 5.41) is 10.4. The van der Waals surface area contributed by atoms with Crippen LogP contribution in [0.2, 0.25) is 0 Å². The average Bonchev–Trinajstić information content (AvgIpc) is 3.12. The zero-order valence-corrected chi connectivity index (χ0v) is 13.6. The second kappa shape index (κ2) is 9.60. The molecule has 5 heteroatoms. The first-order valence-electron chi connectivity index (χ1n) is 6.00. The molecule has 2 aliphatic carbocycles. The van der Waals surface area contributed by atoms with Crippen molar-refractivity contribution < 1.29 is 22.0 Å². The van der Waals surface area contributed by atoms with E-state index >= 15 is 0 Å². The largest absolute Gasteiger partial charge is 2.00 e. The quantitative estimate of drug-likeness (QED) is 0.437. The molecule has 0 heterocycles. The zero-order valence-electron chi connectivity index (χ0n) is 10.9. The molecule has 0 saturated heterocycles. The fraction of sp³-hybridized carbons (Fsp3) is 0. The molecule has 0 spiro atoms. The number of halogens is 1. The van der Waals surface area contributed by atoms with Crippen molar-refractivity contribution in [2.24, 2.45) is 0 Å². The Morgan fingerprint density at radius 2 is 1.33 bits per heavy atom. The zero-order chi connectivity index (χ0) is 14.4. The van der Waals surface area contributed by atoms with Crippen LogP contribution in [0.3, 0.4) is 0 Å². The molecule has 3 nitrogen and oxygen atoms in total. The molecule has 0 aliphatic heterocycles.